The third-order valence-corrected chi connectivity index (χ3v) is 2.29. The number of aryl methyl sites for hydroxylation is 1. The molecule has 6 nitrogen and oxygen atoms in total. The number of nitrogens with one attached hydrogen (secondary N) is 2. The van der Waals surface area contributed by atoms with Gasteiger partial charge in [-0.25, -0.2) is 0 Å². The van der Waals surface area contributed by atoms with Crippen molar-refractivity contribution in [2.75, 3.05) is 5.32 Å². The van der Waals surface area contributed by atoms with Gasteiger partial charge in [0.05, 0.1) is 4.92 Å². The zero-order valence-electron chi connectivity index (χ0n) is 9.23. The van der Waals surface area contributed by atoms with E-state index in [0.717, 1.165) is 22.8 Å². The predicted molar refractivity (Wildman–Crippen MR) is 65.9 cm³/mol. The minimum absolute atomic E-state index is 0.00220. The van der Waals surface area contributed by atoms with Gasteiger partial charge in [-0.05, 0) is 30.5 Å². The Morgan fingerprint density at radius 3 is 3.00 bits per heavy atom. The molecular formula is C11H12N4O2. The molecule has 1 aromatic carbocycles. The molecule has 0 atom stereocenters. The highest BCUT2D eigenvalue weighted by molar-refractivity contribution is 5.84. The first kappa shape index (κ1) is 11.0. The predicted octanol–water partition coefficient (Wildman–Crippen LogP) is 1.92. The monoisotopic (exact) mass is 232 g/mol. The molecule has 0 unspecified atom stereocenters. The number of rotatable bonds is 3. The van der Waals surface area contributed by atoms with Gasteiger partial charge in [-0.1, -0.05) is 6.07 Å². The minimum Gasteiger partial charge on any atom is -0.380 e. The second kappa shape index (κ2) is 4.17. The van der Waals surface area contributed by atoms with Gasteiger partial charge in [-0.15, -0.1) is 0 Å². The van der Waals surface area contributed by atoms with Crippen LogP contribution in [-0.2, 0) is 0 Å². The van der Waals surface area contributed by atoms with Gasteiger partial charge in [-0.3, -0.25) is 10.1 Å². The number of aromatic amines is 1. The molecule has 2 aromatic rings. The molecular weight excluding hydrogens is 220 g/mol. The number of hydrogen-bond acceptors (Lipinski definition) is 4. The fraction of sp³-hybridized carbons (Fsp3) is 0.0909. The van der Waals surface area contributed by atoms with Gasteiger partial charge in [0.2, 0.25) is 0 Å². The normalized spacial score (nSPS) is 11.7. The zero-order chi connectivity index (χ0) is 12.4. The van der Waals surface area contributed by atoms with Crippen molar-refractivity contribution in [3.63, 3.8) is 0 Å². The summed E-state index contributed by atoms with van der Waals surface area (Å²) in [6, 6.07) is 7.61. The average molecular weight is 232 g/mol. The highest BCUT2D eigenvalue weighted by Gasteiger charge is 2.01. The summed E-state index contributed by atoms with van der Waals surface area (Å²) in [5.74, 6) is -0.00220. The number of fused-ring (bicyclic) bond motifs is 1. The molecule has 4 N–H and O–H groups in total. The van der Waals surface area contributed by atoms with Crippen molar-refractivity contribution in [3.05, 3.63) is 52.1 Å². The Morgan fingerprint density at radius 1 is 1.53 bits per heavy atom. The molecule has 0 aliphatic heterocycles. The molecule has 6 heteroatoms. The van der Waals surface area contributed by atoms with Gasteiger partial charge in [0, 0.05) is 16.9 Å². The van der Waals surface area contributed by atoms with E-state index in [0.29, 0.717) is 5.69 Å². The number of benzene rings is 1. The van der Waals surface area contributed by atoms with Crippen LogP contribution in [0.25, 0.3) is 10.9 Å². The number of nitro groups is 1. The Kier molecular flexibility index (Phi) is 2.70. The van der Waals surface area contributed by atoms with Crippen LogP contribution in [0.1, 0.15) is 5.69 Å². The van der Waals surface area contributed by atoms with E-state index in [1.807, 2.05) is 31.2 Å². The minimum atomic E-state index is -0.598. The molecule has 0 bridgehead atoms. The van der Waals surface area contributed by atoms with Crippen molar-refractivity contribution in [2.24, 2.45) is 5.73 Å². The van der Waals surface area contributed by atoms with Crippen LogP contribution in [0.5, 0.6) is 0 Å². The summed E-state index contributed by atoms with van der Waals surface area (Å²) >= 11 is 0. The number of anilines is 1. The Balaban J connectivity index is 2.27. The van der Waals surface area contributed by atoms with E-state index in [1.54, 1.807) is 0 Å². The molecule has 0 aliphatic rings. The van der Waals surface area contributed by atoms with Crippen molar-refractivity contribution < 1.29 is 4.92 Å². The molecule has 0 amide bonds. The van der Waals surface area contributed by atoms with E-state index in [-0.39, 0.29) is 5.82 Å². The average Bonchev–Trinajstić information content (AvgIpc) is 2.55. The first-order valence-electron chi connectivity index (χ1n) is 5.02. The zero-order valence-corrected chi connectivity index (χ0v) is 9.23. The first-order chi connectivity index (χ1) is 8.04. The molecule has 0 saturated heterocycles. The fourth-order valence-corrected chi connectivity index (χ4v) is 1.66. The standard InChI is InChI=1S/C11H12N4O2/c1-7-4-8-2-3-9(5-10(8)13-7)14-11(12)6-15(16)17/h2-6,13-14H,12H2,1H3. The second-order valence-corrected chi connectivity index (χ2v) is 3.75. The summed E-state index contributed by atoms with van der Waals surface area (Å²) in [7, 11) is 0. The third-order valence-electron chi connectivity index (χ3n) is 2.29. The van der Waals surface area contributed by atoms with Crippen molar-refractivity contribution in [3.8, 4) is 0 Å². The summed E-state index contributed by atoms with van der Waals surface area (Å²) in [6.45, 7) is 1.97. The maximum Gasteiger partial charge on any atom is 0.274 e. The quantitative estimate of drug-likeness (QED) is 0.556. The highest BCUT2D eigenvalue weighted by Crippen LogP contribution is 2.20. The lowest BCUT2D eigenvalue weighted by Gasteiger charge is -2.03. The van der Waals surface area contributed by atoms with E-state index >= 15 is 0 Å². The van der Waals surface area contributed by atoms with Crippen molar-refractivity contribution >= 4 is 16.6 Å². The van der Waals surface area contributed by atoms with Crippen LogP contribution in [0.15, 0.2) is 36.3 Å². The smallest absolute Gasteiger partial charge is 0.274 e. The van der Waals surface area contributed by atoms with E-state index in [2.05, 4.69) is 10.3 Å². The SMILES string of the molecule is Cc1cc2ccc(NC(N)=C[N+](=O)[O-])cc2[nH]1. The topological polar surface area (TPSA) is 97.0 Å². The van der Waals surface area contributed by atoms with E-state index in [4.69, 9.17) is 5.73 Å². The first-order valence-corrected chi connectivity index (χ1v) is 5.02. The molecule has 0 fully saturated rings. The van der Waals surface area contributed by atoms with Crippen molar-refractivity contribution in [1.82, 2.24) is 4.98 Å². The van der Waals surface area contributed by atoms with Gasteiger partial charge in [-0.2, -0.15) is 0 Å². The van der Waals surface area contributed by atoms with Gasteiger partial charge < -0.3 is 16.0 Å². The Bertz CT molecular complexity index is 601. The number of nitrogens with zero attached hydrogens (tertiary/aromatic N) is 1. The van der Waals surface area contributed by atoms with Gasteiger partial charge in [0.15, 0.2) is 5.82 Å². The van der Waals surface area contributed by atoms with Crippen LogP contribution in [0.4, 0.5) is 5.69 Å². The number of nitrogens with two attached hydrogens (primary N) is 1. The number of hydrogen-bond donors (Lipinski definition) is 3. The van der Waals surface area contributed by atoms with Crippen LogP contribution in [0.3, 0.4) is 0 Å². The lowest BCUT2D eigenvalue weighted by Crippen LogP contribution is -2.10. The van der Waals surface area contributed by atoms with E-state index < -0.39 is 4.92 Å². The van der Waals surface area contributed by atoms with Crippen LogP contribution in [0, 0.1) is 17.0 Å². The molecule has 0 spiro atoms. The molecule has 0 radical (unpaired) electrons. The molecule has 17 heavy (non-hydrogen) atoms. The lowest BCUT2D eigenvalue weighted by atomic mass is 10.2. The molecule has 2 rings (SSSR count). The van der Waals surface area contributed by atoms with Crippen LogP contribution < -0.4 is 11.1 Å². The van der Waals surface area contributed by atoms with Crippen LogP contribution in [-0.4, -0.2) is 9.91 Å². The summed E-state index contributed by atoms with van der Waals surface area (Å²) in [4.78, 5) is 12.8. The Hall–Kier alpha value is -2.50. The van der Waals surface area contributed by atoms with E-state index in [9.17, 15) is 10.1 Å². The molecule has 88 valence electrons. The van der Waals surface area contributed by atoms with Gasteiger partial charge in [0.1, 0.15) is 0 Å². The van der Waals surface area contributed by atoms with Crippen LogP contribution in [0.2, 0.25) is 0 Å². The maximum atomic E-state index is 10.2. The van der Waals surface area contributed by atoms with Crippen LogP contribution >= 0.6 is 0 Å². The fourth-order valence-electron chi connectivity index (χ4n) is 1.66. The van der Waals surface area contributed by atoms with Crippen molar-refractivity contribution in [2.45, 2.75) is 6.92 Å². The molecule has 1 aromatic heterocycles. The lowest BCUT2D eigenvalue weighted by molar-refractivity contribution is -0.403. The summed E-state index contributed by atoms with van der Waals surface area (Å²) in [6.07, 6.45) is 0.726. The molecule has 0 saturated carbocycles. The Labute approximate surface area is 97.3 Å². The van der Waals surface area contributed by atoms with Gasteiger partial charge >= 0.3 is 0 Å². The molecule has 0 aliphatic carbocycles. The third kappa shape index (κ3) is 2.54. The summed E-state index contributed by atoms with van der Waals surface area (Å²) in [5.41, 5.74) is 8.18. The summed E-state index contributed by atoms with van der Waals surface area (Å²) in [5, 5.41) is 14.1. The highest BCUT2D eigenvalue weighted by atomic mass is 16.6. The molecule has 1 heterocycles. The number of aromatic nitrogens is 1. The maximum absolute atomic E-state index is 10.2. The largest absolute Gasteiger partial charge is 0.380 e. The second-order valence-electron chi connectivity index (χ2n) is 3.75. The number of H-pyrrole nitrogens is 1. The van der Waals surface area contributed by atoms with Crippen molar-refractivity contribution in [1.29, 1.82) is 0 Å². The van der Waals surface area contributed by atoms with E-state index in [1.165, 1.54) is 0 Å². The Morgan fingerprint density at radius 2 is 2.29 bits per heavy atom. The summed E-state index contributed by atoms with van der Waals surface area (Å²) < 4.78 is 0. The van der Waals surface area contributed by atoms with Gasteiger partial charge in [0.25, 0.3) is 6.20 Å².